The Morgan fingerprint density at radius 1 is 1.37 bits per heavy atom. The number of hydrogen-bond acceptors (Lipinski definition) is 5. The van der Waals surface area contributed by atoms with Crippen molar-refractivity contribution in [2.75, 3.05) is 12.9 Å². The van der Waals surface area contributed by atoms with Gasteiger partial charge in [-0.25, -0.2) is 0 Å². The summed E-state index contributed by atoms with van der Waals surface area (Å²) in [6.07, 6.45) is 3.23. The second-order valence-electron chi connectivity index (χ2n) is 4.68. The van der Waals surface area contributed by atoms with Crippen LogP contribution in [0, 0.1) is 5.92 Å². The molecule has 0 saturated heterocycles. The van der Waals surface area contributed by atoms with Crippen LogP contribution in [-0.2, 0) is 20.9 Å². The van der Waals surface area contributed by atoms with Crippen molar-refractivity contribution in [3.05, 3.63) is 28.2 Å². The van der Waals surface area contributed by atoms with E-state index in [0.717, 1.165) is 12.7 Å². The lowest BCUT2D eigenvalue weighted by molar-refractivity contribution is 0.284. The quantitative estimate of drug-likeness (QED) is 0.764. The third-order valence-corrected chi connectivity index (χ3v) is 2.86. The van der Waals surface area contributed by atoms with Gasteiger partial charge in [0.15, 0.2) is 5.75 Å². The summed E-state index contributed by atoms with van der Waals surface area (Å²) in [5.74, 6) is 0.727. The fourth-order valence-electron chi connectivity index (χ4n) is 1.27. The number of pyridine rings is 1. The standard InChI is InChI=1S/C12H19NO5S/c1-9(2)4-5-17-12-7-13-10(6-11(12)14)8-18-19(3,15)16/h6-7,9H,4-5,8H2,1-3H3,(H,13,14). The lowest BCUT2D eigenvalue weighted by atomic mass is 10.1. The molecule has 0 fully saturated rings. The molecule has 0 aromatic carbocycles. The van der Waals surface area contributed by atoms with E-state index in [1.807, 2.05) is 0 Å². The van der Waals surface area contributed by atoms with Crippen LogP contribution in [0.3, 0.4) is 0 Å². The van der Waals surface area contributed by atoms with Gasteiger partial charge in [-0.2, -0.15) is 8.42 Å². The van der Waals surface area contributed by atoms with Crippen LogP contribution in [0.1, 0.15) is 26.0 Å². The Kier molecular flexibility index (Phi) is 5.56. The zero-order valence-corrected chi connectivity index (χ0v) is 12.1. The van der Waals surface area contributed by atoms with E-state index < -0.39 is 10.1 Å². The minimum absolute atomic E-state index is 0.194. The Morgan fingerprint density at radius 3 is 2.58 bits per heavy atom. The number of hydrogen-bond donors (Lipinski definition) is 1. The molecule has 19 heavy (non-hydrogen) atoms. The predicted molar refractivity (Wildman–Crippen MR) is 71.6 cm³/mol. The van der Waals surface area contributed by atoms with Crippen LogP contribution in [0.2, 0.25) is 0 Å². The molecule has 0 saturated carbocycles. The first-order valence-corrected chi connectivity index (χ1v) is 7.78. The second kappa shape index (κ2) is 6.72. The smallest absolute Gasteiger partial charge is 0.264 e. The Hall–Kier alpha value is -1.34. The van der Waals surface area contributed by atoms with E-state index in [-0.39, 0.29) is 17.8 Å². The van der Waals surface area contributed by atoms with E-state index in [2.05, 4.69) is 23.0 Å². The van der Waals surface area contributed by atoms with Crippen LogP contribution in [0.4, 0.5) is 0 Å². The van der Waals surface area contributed by atoms with E-state index in [1.165, 1.54) is 12.3 Å². The maximum absolute atomic E-state index is 11.7. The minimum atomic E-state index is -3.52. The molecule has 0 bridgehead atoms. The van der Waals surface area contributed by atoms with Crippen LogP contribution in [0.5, 0.6) is 5.75 Å². The van der Waals surface area contributed by atoms with Crippen molar-refractivity contribution in [2.24, 2.45) is 5.92 Å². The molecule has 1 rings (SSSR count). The summed E-state index contributed by atoms with van der Waals surface area (Å²) in [6.45, 7) is 4.42. The summed E-state index contributed by atoms with van der Waals surface area (Å²) < 4.78 is 31.6. The van der Waals surface area contributed by atoms with Gasteiger partial charge in [-0.15, -0.1) is 0 Å². The summed E-state index contributed by atoms with van der Waals surface area (Å²) in [7, 11) is -3.52. The van der Waals surface area contributed by atoms with E-state index >= 15 is 0 Å². The van der Waals surface area contributed by atoms with E-state index in [1.54, 1.807) is 0 Å². The molecule has 0 aliphatic heterocycles. The summed E-state index contributed by atoms with van der Waals surface area (Å²) in [5.41, 5.74) is 0.0845. The largest absolute Gasteiger partial charge is 0.488 e. The molecule has 1 aromatic heterocycles. The molecule has 1 N–H and O–H groups in total. The van der Waals surface area contributed by atoms with Crippen molar-refractivity contribution < 1.29 is 17.3 Å². The molecule has 0 radical (unpaired) electrons. The molecule has 0 atom stereocenters. The maximum Gasteiger partial charge on any atom is 0.264 e. The van der Waals surface area contributed by atoms with Gasteiger partial charge in [0.25, 0.3) is 10.1 Å². The van der Waals surface area contributed by atoms with Crippen molar-refractivity contribution in [3.63, 3.8) is 0 Å². The number of H-pyrrole nitrogens is 1. The molecule has 1 heterocycles. The van der Waals surface area contributed by atoms with Gasteiger partial charge >= 0.3 is 0 Å². The first kappa shape index (κ1) is 15.7. The predicted octanol–water partition coefficient (Wildman–Crippen LogP) is 1.28. The van der Waals surface area contributed by atoms with E-state index in [4.69, 9.17) is 4.74 Å². The van der Waals surface area contributed by atoms with Crippen LogP contribution in [-0.4, -0.2) is 26.3 Å². The average Bonchev–Trinajstić information content (AvgIpc) is 2.27. The molecule has 6 nitrogen and oxygen atoms in total. The highest BCUT2D eigenvalue weighted by atomic mass is 32.2. The van der Waals surface area contributed by atoms with Crippen molar-refractivity contribution in [2.45, 2.75) is 26.9 Å². The molecule has 1 aromatic rings. The van der Waals surface area contributed by atoms with Gasteiger partial charge in [0, 0.05) is 18.0 Å². The summed E-state index contributed by atoms with van der Waals surface area (Å²) in [6, 6.07) is 1.27. The van der Waals surface area contributed by atoms with E-state index in [9.17, 15) is 13.2 Å². The SMILES string of the molecule is CC(C)CCOc1c[nH]c(COS(C)(=O)=O)cc1=O. The fourth-order valence-corrected chi connectivity index (χ4v) is 1.61. The Morgan fingerprint density at radius 2 is 2.05 bits per heavy atom. The number of nitrogens with one attached hydrogen (secondary N) is 1. The number of ether oxygens (including phenoxy) is 1. The van der Waals surface area contributed by atoms with Gasteiger partial charge in [-0.1, -0.05) is 13.8 Å². The van der Waals surface area contributed by atoms with Crippen molar-refractivity contribution in [1.29, 1.82) is 0 Å². The first-order chi connectivity index (χ1) is 8.78. The van der Waals surface area contributed by atoms with Crippen LogP contribution < -0.4 is 10.2 Å². The topological polar surface area (TPSA) is 85.5 Å². The second-order valence-corrected chi connectivity index (χ2v) is 6.33. The molecule has 0 unspecified atom stereocenters. The zero-order chi connectivity index (χ0) is 14.5. The fraction of sp³-hybridized carbons (Fsp3) is 0.583. The molecular weight excluding hydrogens is 270 g/mol. The summed E-state index contributed by atoms with van der Waals surface area (Å²) in [4.78, 5) is 14.5. The normalized spacial score (nSPS) is 11.8. The molecule has 0 spiro atoms. The lowest BCUT2D eigenvalue weighted by Gasteiger charge is -2.08. The molecular formula is C12H19NO5S. The van der Waals surface area contributed by atoms with Crippen LogP contribution in [0.25, 0.3) is 0 Å². The zero-order valence-electron chi connectivity index (χ0n) is 11.3. The summed E-state index contributed by atoms with van der Waals surface area (Å²) in [5, 5.41) is 0. The van der Waals surface area contributed by atoms with Crippen LogP contribution in [0.15, 0.2) is 17.1 Å². The van der Waals surface area contributed by atoms with Gasteiger partial charge < -0.3 is 9.72 Å². The Bertz CT molecular complexity index is 562. The number of aromatic amines is 1. The molecule has 108 valence electrons. The van der Waals surface area contributed by atoms with Crippen molar-refractivity contribution >= 4 is 10.1 Å². The molecule has 0 aliphatic carbocycles. The van der Waals surface area contributed by atoms with Gasteiger partial charge in [-0.3, -0.25) is 8.98 Å². The van der Waals surface area contributed by atoms with Gasteiger partial charge in [0.1, 0.15) is 6.61 Å². The lowest BCUT2D eigenvalue weighted by Crippen LogP contribution is -2.12. The Labute approximate surface area is 112 Å². The summed E-state index contributed by atoms with van der Waals surface area (Å²) >= 11 is 0. The van der Waals surface area contributed by atoms with E-state index in [0.29, 0.717) is 18.2 Å². The van der Waals surface area contributed by atoms with Gasteiger partial charge in [-0.05, 0) is 12.3 Å². The monoisotopic (exact) mass is 289 g/mol. The highest BCUT2D eigenvalue weighted by Crippen LogP contribution is 2.06. The molecule has 0 amide bonds. The Balaban J connectivity index is 2.62. The third-order valence-electron chi connectivity index (χ3n) is 2.32. The van der Waals surface area contributed by atoms with Gasteiger partial charge in [0.05, 0.1) is 12.9 Å². The number of aromatic nitrogens is 1. The number of rotatable bonds is 7. The molecule has 7 heteroatoms. The first-order valence-electron chi connectivity index (χ1n) is 5.97. The van der Waals surface area contributed by atoms with Crippen molar-refractivity contribution in [3.8, 4) is 5.75 Å². The van der Waals surface area contributed by atoms with Gasteiger partial charge in [0.2, 0.25) is 5.43 Å². The maximum atomic E-state index is 11.7. The van der Waals surface area contributed by atoms with Crippen LogP contribution >= 0.6 is 0 Å². The minimum Gasteiger partial charge on any atom is -0.488 e. The van der Waals surface area contributed by atoms with Crippen molar-refractivity contribution in [1.82, 2.24) is 4.98 Å². The highest BCUT2D eigenvalue weighted by molar-refractivity contribution is 7.85. The average molecular weight is 289 g/mol. The molecule has 0 aliphatic rings. The third kappa shape index (κ3) is 6.40. The highest BCUT2D eigenvalue weighted by Gasteiger charge is 2.06.